The van der Waals surface area contributed by atoms with E-state index in [9.17, 15) is 4.39 Å². The number of hydrogen-bond acceptors (Lipinski definition) is 1. The third-order valence-electron chi connectivity index (χ3n) is 4.07. The third-order valence-corrected chi connectivity index (χ3v) is 4.81. The molecule has 0 aromatic heterocycles. The van der Waals surface area contributed by atoms with E-state index >= 15 is 0 Å². The molecule has 0 spiro atoms. The molecule has 1 rings (SSSR count). The lowest BCUT2D eigenvalue weighted by Gasteiger charge is -2.36. The quantitative estimate of drug-likeness (QED) is 0.736. The van der Waals surface area contributed by atoms with Crippen LogP contribution in [0.3, 0.4) is 0 Å². The van der Waals surface area contributed by atoms with Crippen molar-refractivity contribution in [1.82, 2.24) is 5.32 Å². The molecule has 20 heavy (non-hydrogen) atoms. The molecule has 0 heterocycles. The van der Waals surface area contributed by atoms with Crippen LogP contribution >= 0.6 is 15.9 Å². The highest BCUT2D eigenvalue weighted by atomic mass is 79.9. The van der Waals surface area contributed by atoms with Gasteiger partial charge in [-0.1, -0.05) is 35.8 Å². The minimum Gasteiger partial charge on any atom is -0.312 e. The van der Waals surface area contributed by atoms with Gasteiger partial charge in [-0.3, -0.25) is 0 Å². The number of nitrogens with one attached hydrogen (secondary N) is 1. The number of halogens is 2. The van der Waals surface area contributed by atoms with E-state index in [4.69, 9.17) is 0 Å². The fourth-order valence-electron chi connectivity index (χ4n) is 2.33. The van der Waals surface area contributed by atoms with Gasteiger partial charge in [0.1, 0.15) is 5.82 Å². The maximum absolute atomic E-state index is 13.2. The second kappa shape index (κ2) is 7.04. The van der Waals surface area contributed by atoms with Gasteiger partial charge in [-0.15, -0.1) is 0 Å². The first kappa shape index (κ1) is 17.6. The molecule has 114 valence electrons. The van der Waals surface area contributed by atoms with Crippen LogP contribution in [-0.4, -0.2) is 12.1 Å². The molecule has 1 aromatic rings. The summed E-state index contributed by atoms with van der Waals surface area (Å²) in [5, 5.41) is 3.63. The molecule has 0 unspecified atom stereocenters. The van der Waals surface area contributed by atoms with Crippen LogP contribution in [0.15, 0.2) is 22.7 Å². The van der Waals surface area contributed by atoms with Gasteiger partial charge in [-0.05, 0) is 63.1 Å². The molecule has 0 saturated carbocycles. The van der Waals surface area contributed by atoms with Gasteiger partial charge >= 0.3 is 0 Å². The first-order chi connectivity index (χ1) is 9.21. The highest BCUT2D eigenvalue weighted by molar-refractivity contribution is 9.10. The Kier molecular flexibility index (Phi) is 6.21. The molecule has 0 fully saturated rings. The molecule has 3 heteroatoms. The molecule has 1 aromatic carbocycles. The molecule has 1 N–H and O–H groups in total. The summed E-state index contributed by atoms with van der Waals surface area (Å²) in [7, 11) is 0. The molecule has 0 radical (unpaired) electrons. The van der Waals surface area contributed by atoms with Crippen molar-refractivity contribution in [3.05, 3.63) is 34.1 Å². The van der Waals surface area contributed by atoms with Crippen molar-refractivity contribution in [1.29, 1.82) is 0 Å². The van der Waals surface area contributed by atoms with Crippen molar-refractivity contribution < 1.29 is 4.39 Å². The lowest BCUT2D eigenvalue weighted by molar-refractivity contribution is 0.220. The normalized spacial score (nSPS) is 12.8. The Bertz CT molecular complexity index is 433. The third kappa shape index (κ3) is 5.17. The summed E-state index contributed by atoms with van der Waals surface area (Å²) >= 11 is 3.49. The summed E-state index contributed by atoms with van der Waals surface area (Å²) in [6, 6.07) is 5.01. The second-order valence-corrected chi connectivity index (χ2v) is 7.58. The predicted octanol–water partition coefficient (Wildman–Crippen LogP) is 5.33. The molecule has 0 amide bonds. The number of hydrogen-bond donors (Lipinski definition) is 1. The van der Waals surface area contributed by atoms with E-state index in [1.165, 1.54) is 5.56 Å². The van der Waals surface area contributed by atoms with Crippen molar-refractivity contribution in [2.24, 2.45) is 5.41 Å². The highest BCUT2D eigenvalue weighted by Crippen LogP contribution is 2.33. The molecule has 0 atom stereocenters. The fraction of sp³-hybridized carbons (Fsp3) is 0.647. The summed E-state index contributed by atoms with van der Waals surface area (Å²) in [6.07, 6.45) is 3.18. The lowest BCUT2D eigenvalue weighted by atomic mass is 9.76. The SMILES string of the molecule is CCC(CC)(CNC(C)(C)C)Cc1ccc(F)cc1Br. The molecule has 0 saturated heterocycles. The predicted molar refractivity (Wildman–Crippen MR) is 88.6 cm³/mol. The smallest absolute Gasteiger partial charge is 0.124 e. The van der Waals surface area contributed by atoms with Crippen molar-refractivity contribution >= 4 is 15.9 Å². The van der Waals surface area contributed by atoms with E-state index in [0.717, 1.165) is 30.3 Å². The summed E-state index contributed by atoms with van der Waals surface area (Å²) in [6.45, 7) is 12.0. The average molecular weight is 344 g/mol. The molecular weight excluding hydrogens is 317 g/mol. The van der Waals surface area contributed by atoms with Crippen LogP contribution in [0.1, 0.15) is 53.0 Å². The molecule has 0 aliphatic rings. The Labute approximate surface area is 131 Å². The summed E-state index contributed by atoms with van der Waals surface area (Å²) in [5.41, 5.74) is 1.52. The van der Waals surface area contributed by atoms with Crippen molar-refractivity contribution in [3.8, 4) is 0 Å². The van der Waals surface area contributed by atoms with Gasteiger partial charge in [0.2, 0.25) is 0 Å². The van der Waals surface area contributed by atoms with Gasteiger partial charge < -0.3 is 5.32 Å². The molecule has 0 aliphatic heterocycles. The number of rotatable bonds is 6. The van der Waals surface area contributed by atoms with E-state index in [0.29, 0.717) is 0 Å². The molecule has 1 nitrogen and oxygen atoms in total. The monoisotopic (exact) mass is 343 g/mol. The average Bonchev–Trinajstić information content (AvgIpc) is 2.36. The van der Waals surface area contributed by atoms with Crippen molar-refractivity contribution in [2.45, 2.75) is 59.4 Å². The summed E-state index contributed by atoms with van der Waals surface area (Å²) in [5.74, 6) is -0.188. The maximum Gasteiger partial charge on any atom is 0.124 e. The lowest BCUT2D eigenvalue weighted by Crippen LogP contribution is -2.44. The van der Waals surface area contributed by atoms with Gasteiger partial charge in [0.25, 0.3) is 0 Å². The van der Waals surface area contributed by atoms with E-state index in [1.807, 2.05) is 6.07 Å². The Hall–Kier alpha value is -0.410. The van der Waals surface area contributed by atoms with E-state index < -0.39 is 0 Å². The van der Waals surface area contributed by atoms with Crippen LogP contribution in [0.25, 0.3) is 0 Å². The van der Waals surface area contributed by atoms with Gasteiger partial charge in [0.15, 0.2) is 0 Å². The van der Waals surface area contributed by atoms with Gasteiger partial charge in [-0.25, -0.2) is 4.39 Å². The summed E-state index contributed by atoms with van der Waals surface area (Å²) < 4.78 is 14.1. The Morgan fingerprint density at radius 2 is 1.75 bits per heavy atom. The highest BCUT2D eigenvalue weighted by Gasteiger charge is 2.28. The zero-order chi connectivity index (χ0) is 15.4. The van der Waals surface area contributed by atoms with E-state index in [2.05, 4.69) is 55.9 Å². The second-order valence-electron chi connectivity index (χ2n) is 6.72. The molecular formula is C17H27BrFN. The Morgan fingerprint density at radius 1 is 1.15 bits per heavy atom. The van der Waals surface area contributed by atoms with Crippen LogP contribution in [0, 0.1) is 11.2 Å². The first-order valence-electron chi connectivity index (χ1n) is 7.40. The van der Waals surface area contributed by atoms with Crippen LogP contribution in [-0.2, 0) is 6.42 Å². The van der Waals surface area contributed by atoms with Crippen LogP contribution in [0.5, 0.6) is 0 Å². The zero-order valence-electron chi connectivity index (χ0n) is 13.3. The van der Waals surface area contributed by atoms with Crippen LogP contribution in [0.2, 0.25) is 0 Å². The van der Waals surface area contributed by atoms with E-state index in [1.54, 1.807) is 12.1 Å². The topological polar surface area (TPSA) is 12.0 Å². The Balaban J connectivity index is 2.90. The van der Waals surface area contributed by atoms with Gasteiger partial charge in [0.05, 0.1) is 0 Å². The van der Waals surface area contributed by atoms with Crippen LogP contribution in [0.4, 0.5) is 4.39 Å². The molecule has 0 bridgehead atoms. The standard InChI is InChI=1S/C17H27BrFN/c1-6-17(7-2,12-20-16(3,4)5)11-13-8-9-14(19)10-15(13)18/h8-10,20H,6-7,11-12H2,1-5H3. The Morgan fingerprint density at radius 3 is 2.20 bits per heavy atom. The number of benzene rings is 1. The van der Waals surface area contributed by atoms with Gasteiger partial charge in [-0.2, -0.15) is 0 Å². The van der Waals surface area contributed by atoms with Gasteiger partial charge in [0, 0.05) is 16.6 Å². The zero-order valence-corrected chi connectivity index (χ0v) is 14.9. The van der Waals surface area contributed by atoms with Crippen molar-refractivity contribution in [2.75, 3.05) is 6.54 Å². The largest absolute Gasteiger partial charge is 0.312 e. The fourth-order valence-corrected chi connectivity index (χ4v) is 2.83. The first-order valence-corrected chi connectivity index (χ1v) is 8.19. The van der Waals surface area contributed by atoms with E-state index in [-0.39, 0.29) is 16.8 Å². The maximum atomic E-state index is 13.2. The minimum absolute atomic E-state index is 0.121. The summed E-state index contributed by atoms with van der Waals surface area (Å²) in [4.78, 5) is 0. The minimum atomic E-state index is -0.188. The van der Waals surface area contributed by atoms with Crippen LogP contribution < -0.4 is 5.32 Å². The molecule has 0 aliphatic carbocycles. The van der Waals surface area contributed by atoms with Crippen molar-refractivity contribution in [3.63, 3.8) is 0 Å².